The van der Waals surface area contributed by atoms with Crippen LogP contribution in [0.15, 0.2) is 35.6 Å². The Hall–Kier alpha value is -1.64. The monoisotopic (exact) mass is 473 g/mol. The van der Waals surface area contributed by atoms with Crippen molar-refractivity contribution >= 4 is 29.9 Å². The smallest absolute Gasteiger partial charge is 0.191 e. The third kappa shape index (κ3) is 7.31. The van der Waals surface area contributed by atoms with E-state index in [1.54, 1.807) is 19.1 Å². The zero-order valence-electron chi connectivity index (χ0n) is 15.8. The van der Waals surface area contributed by atoms with E-state index in [9.17, 15) is 4.39 Å². The van der Waals surface area contributed by atoms with Crippen molar-refractivity contribution in [2.24, 2.45) is 4.99 Å². The Kier molecular flexibility index (Phi) is 10.2. The van der Waals surface area contributed by atoms with E-state index in [-0.39, 0.29) is 29.8 Å². The predicted molar refractivity (Wildman–Crippen MR) is 116 cm³/mol. The first-order valence-electron chi connectivity index (χ1n) is 8.85. The molecule has 2 rings (SSSR count). The number of imidazole rings is 1. The lowest BCUT2D eigenvalue weighted by Gasteiger charge is -2.12. The molecule has 1 aromatic heterocycles. The summed E-state index contributed by atoms with van der Waals surface area (Å²) >= 11 is 0. The lowest BCUT2D eigenvalue weighted by Crippen LogP contribution is -2.37. The summed E-state index contributed by atoms with van der Waals surface area (Å²) in [5.74, 6) is 1.64. The molecule has 2 N–H and O–H groups in total. The molecule has 0 atom stereocenters. The van der Waals surface area contributed by atoms with Crippen LogP contribution in [0.5, 0.6) is 0 Å². The molecule has 0 aliphatic heterocycles. The van der Waals surface area contributed by atoms with Gasteiger partial charge in [0.2, 0.25) is 0 Å². The Morgan fingerprint density at radius 2 is 2.04 bits per heavy atom. The van der Waals surface area contributed by atoms with Gasteiger partial charge in [0.15, 0.2) is 5.96 Å². The molecule has 0 spiro atoms. The maximum absolute atomic E-state index is 13.6. The van der Waals surface area contributed by atoms with Gasteiger partial charge in [-0.25, -0.2) is 14.4 Å². The summed E-state index contributed by atoms with van der Waals surface area (Å²) in [5.41, 5.74) is 1.53. The standard InChI is InChI=1S/C19H28FN5.HI/c1-4-21-19(24-14-17-8-7-15(2)18(20)13-17)23-9-5-6-11-25-12-10-22-16(25)3;/h7-8,10,12-13H,4-6,9,11,14H2,1-3H3,(H2,21,23,24);1H. The molecule has 5 nitrogen and oxygen atoms in total. The first-order valence-corrected chi connectivity index (χ1v) is 8.85. The van der Waals surface area contributed by atoms with Crippen molar-refractivity contribution in [1.29, 1.82) is 0 Å². The summed E-state index contributed by atoms with van der Waals surface area (Å²) < 4.78 is 15.8. The van der Waals surface area contributed by atoms with Crippen molar-refractivity contribution in [3.63, 3.8) is 0 Å². The summed E-state index contributed by atoms with van der Waals surface area (Å²) in [7, 11) is 0. The summed E-state index contributed by atoms with van der Waals surface area (Å²) in [6, 6.07) is 5.26. The van der Waals surface area contributed by atoms with Crippen LogP contribution < -0.4 is 10.6 Å². The van der Waals surface area contributed by atoms with Gasteiger partial charge in [-0.15, -0.1) is 24.0 Å². The minimum atomic E-state index is -0.180. The van der Waals surface area contributed by atoms with Crippen LogP contribution in [-0.4, -0.2) is 28.6 Å². The number of aliphatic imine (C=N–C) groups is 1. The van der Waals surface area contributed by atoms with Gasteiger partial charge in [0.1, 0.15) is 11.6 Å². The van der Waals surface area contributed by atoms with Gasteiger partial charge in [-0.05, 0) is 50.8 Å². The molecule has 0 fully saturated rings. The molecule has 0 unspecified atom stereocenters. The number of halogens is 2. The maximum Gasteiger partial charge on any atom is 0.191 e. The SMILES string of the molecule is CCNC(=NCc1ccc(C)c(F)c1)NCCCCn1ccnc1C.I. The zero-order chi connectivity index (χ0) is 18.1. The lowest BCUT2D eigenvalue weighted by atomic mass is 10.1. The van der Waals surface area contributed by atoms with Crippen molar-refractivity contribution in [2.75, 3.05) is 13.1 Å². The topological polar surface area (TPSA) is 54.2 Å². The maximum atomic E-state index is 13.6. The fourth-order valence-electron chi connectivity index (χ4n) is 2.50. The van der Waals surface area contributed by atoms with E-state index >= 15 is 0 Å². The van der Waals surface area contributed by atoms with Gasteiger partial charge in [-0.2, -0.15) is 0 Å². The number of aromatic nitrogens is 2. The van der Waals surface area contributed by atoms with E-state index in [2.05, 4.69) is 25.2 Å². The van der Waals surface area contributed by atoms with E-state index in [1.807, 2.05) is 32.3 Å². The molecule has 0 aliphatic carbocycles. The Labute approximate surface area is 172 Å². The third-order valence-corrected chi connectivity index (χ3v) is 4.04. The molecular weight excluding hydrogens is 444 g/mol. The van der Waals surface area contributed by atoms with E-state index in [1.165, 1.54) is 0 Å². The third-order valence-electron chi connectivity index (χ3n) is 4.04. The minimum absolute atomic E-state index is 0. The molecule has 0 aliphatic rings. The molecule has 0 saturated carbocycles. The molecule has 1 heterocycles. The highest BCUT2D eigenvalue weighted by Crippen LogP contribution is 2.10. The fourth-order valence-corrected chi connectivity index (χ4v) is 2.50. The van der Waals surface area contributed by atoms with Gasteiger partial charge in [0.25, 0.3) is 0 Å². The summed E-state index contributed by atoms with van der Waals surface area (Å²) in [4.78, 5) is 8.75. The molecule has 144 valence electrons. The quantitative estimate of drug-likeness (QED) is 0.266. The normalized spacial score (nSPS) is 11.2. The molecule has 26 heavy (non-hydrogen) atoms. The van der Waals surface area contributed by atoms with Gasteiger partial charge in [0.05, 0.1) is 6.54 Å². The number of hydrogen-bond donors (Lipinski definition) is 2. The molecule has 0 saturated heterocycles. The van der Waals surface area contributed by atoms with Gasteiger partial charge < -0.3 is 15.2 Å². The van der Waals surface area contributed by atoms with Crippen LogP contribution in [0.2, 0.25) is 0 Å². The van der Waals surface area contributed by atoms with Crippen molar-refractivity contribution in [2.45, 2.75) is 46.7 Å². The lowest BCUT2D eigenvalue weighted by molar-refractivity contribution is 0.588. The van der Waals surface area contributed by atoms with Crippen LogP contribution in [0.1, 0.15) is 36.7 Å². The fraction of sp³-hybridized carbons (Fsp3) is 0.474. The molecule has 0 amide bonds. The summed E-state index contributed by atoms with van der Waals surface area (Å²) in [5, 5.41) is 6.55. The predicted octanol–water partition coefficient (Wildman–Crippen LogP) is 3.79. The second kappa shape index (κ2) is 11.9. The van der Waals surface area contributed by atoms with Crippen LogP contribution in [-0.2, 0) is 13.1 Å². The first-order chi connectivity index (χ1) is 12.1. The average Bonchev–Trinajstić information content (AvgIpc) is 3.00. The number of rotatable bonds is 8. The number of aryl methyl sites for hydroxylation is 3. The van der Waals surface area contributed by atoms with Crippen molar-refractivity contribution < 1.29 is 4.39 Å². The number of nitrogens with zero attached hydrogens (tertiary/aromatic N) is 3. The molecule has 1 aromatic carbocycles. The van der Waals surface area contributed by atoms with Gasteiger partial charge in [0, 0.05) is 32.0 Å². The molecule has 0 bridgehead atoms. The van der Waals surface area contributed by atoms with Crippen LogP contribution in [0.3, 0.4) is 0 Å². The largest absolute Gasteiger partial charge is 0.357 e. The molecule has 2 aromatic rings. The number of hydrogen-bond acceptors (Lipinski definition) is 2. The number of nitrogens with one attached hydrogen (secondary N) is 2. The van der Waals surface area contributed by atoms with Gasteiger partial charge >= 0.3 is 0 Å². The highest BCUT2D eigenvalue weighted by molar-refractivity contribution is 14.0. The molecule has 0 radical (unpaired) electrons. The highest BCUT2D eigenvalue weighted by atomic mass is 127. The van der Waals surface area contributed by atoms with E-state index < -0.39 is 0 Å². The van der Waals surface area contributed by atoms with Crippen LogP contribution in [0, 0.1) is 19.7 Å². The summed E-state index contributed by atoms with van der Waals surface area (Å²) in [6.07, 6.45) is 5.96. The Bertz CT molecular complexity index is 699. The zero-order valence-corrected chi connectivity index (χ0v) is 18.1. The second-order valence-corrected chi connectivity index (χ2v) is 6.08. The molecular formula is C19H29FIN5. The van der Waals surface area contributed by atoms with Crippen molar-refractivity contribution in [3.8, 4) is 0 Å². The van der Waals surface area contributed by atoms with E-state index in [4.69, 9.17) is 0 Å². The Balaban J connectivity index is 0.00000338. The number of benzene rings is 1. The van der Waals surface area contributed by atoms with E-state index in [0.29, 0.717) is 12.1 Å². The first kappa shape index (κ1) is 22.4. The minimum Gasteiger partial charge on any atom is -0.357 e. The molecule has 7 heteroatoms. The highest BCUT2D eigenvalue weighted by Gasteiger charge is 2.01. The van der Waals surface area contributed by atoms with Crippen LogP contribution in [0.4, 0.5) is 4.39 Å². The van der Waals surface area contributed by atoms with Gasteiger partial charge in [-0.3, -0.25) is 0 Å². The van der Waals surface area contributed by atoms with Crippen molar-refractivity contribution in [1.82, 2.24) is 20.2 Å². The summed E-state index contributed by atoms with van der Waals surface area (Å²) in [6.45, 7) is 8.89. The second-order valence-electron chi connectivity index (χ2n) is 6.08. The van der Waals surface area contributed by atoms with Gasteiger partial charge in [-0.1, -0.05) is 12.1 Å². The van der Waals surface area contributed by atoms with E-state index in [0.717, 1.165) is 49.8 Å². The van der Waals surface area contributed by atoms with Crippen molar-refractivity contribution in [3.05, 3.63) is 53.4 Å². The number of guanidine groups is 1. The van der Waals surface area contributed by atoms with Crippen LogP contribution >= 0.6 is 24.0 Å². The van der Waals surface area contributed by atoms with Crippen LogP contribution in [0.25, 0.3) is 0 Å². The average molecular weight is 473 g/mol. The number of unbranched alkanes of at least 4 members (excludes halogenated alkanes) is 1. The Morgan fingerprint density at radius 1 is 1.23 bits per heavy atom. The Morgan fingerprint density at radius 3 is 2.69 bits per heavy atom.